The first-order chi connectivity index (χ1) is 8.26. The van der Waals surface area contributed by atoms with Gasteiger partial charge >= 0.3 is 0 Å². The van der Waals surface area contributed by atoms with E-state index in [9.17, 15) is 13.2 Å². The zero-order chi connectivity index (χ0) is 13.6. The van der Waals surface area contributed by atoms with E-state index in [4.69, 9.17) is 0 Å². The van der Waals surface area contributed by atoms with Crippen molar-refractivity contribution >= 4 is 15.9 Å². The van der Waals surface area contributed by atoms with Crippen LogP contribution in [0.2, 0.25) is 0 Å². The zero-order valence-electron chi connectivity index (χ0n) is 11.3. The minimum atomic E-state index is -3.13. The standard InChI is InChI=1S/C12H22N2O3S/c1-13(2)11(15)10-5-4-6-12(10)7-8-14(9-12)18(3,16)17/h10H,4-9H2,1-3H3/t10-,12-/m1/s1. The van der Waals surface area contributed by atoms with Crippen molar-refractivity contribution in [3.63, 3.8) is 0 Å². The van der Waals surface area contributed by atoms with Gasteiger partial charge in [0.25, 0.3) is 0 Å². The van der Waals surface area contributed by atoms with Gasteiger partial charge in [0.05, 0.1) is 6.26 Å². The van der Waals surface area contributed by atoms with Crippen molar-refractivity contribution in [2.24, 2.45) is 11.3 Å². The Morgan fingerprint density at radius 2 is 2.00 bits per heavy atom. The maximum atomic E-state index is 12.2. The van der Waals surface area contributed by atoms with Gasteiger partial charge in [-0.3, -0.25) is 4.79 Å². The first kappa shape index (κ1) is 13.8. The molecule has 0 bridgehead atoms. The average Bonchev–Trinajstić information content (AvgIpc) is 2.85. The lowest BCUT2D eigenvalue weighted by molar-refractivity contribution is -0.136. The third-order valence-corrected chi connectivity index (χ3v) is 5.71. The molecule has 0 radical (unpaired) electrons. The molecule has 0 unspecified atom stereocenters. The van der Waals surface area contributed by atoms with Crippen LogP contribution < -0.4 is 0 Å². The molecule has 0 aromatic carbocycles. The van der Waals surface area contributed by atoms with Crippen molar-refractivity contribution in [3.8, 4) is 0 Å². The van der Waals surface area contributed by atoms with Crippen LogP contribution in [0.25, 0.3) is 0 Å². The van der Waals surface area contributed by atoms with E-state index in [1.165, 1.54) is 10.6 Å². The molecule has 1 saturated heterocycles. The summed E-state index contributed by atoms with van der Waals surface area (Å²) in [6, 6.07) is 0. The Kier molecular flexibility index (Phi) is 3.44. The van der Waals surface area contributed by atoms with E-state index in [1.54, 1.807) is 19.0 Å². The van der Waals surface area contributed by atoms with Gasteiger partial charge in [-0.25, -0.2) is 12.7 Å². The second kappa shape index (κ2) is 4.49. The van der Waals surface area contributed by atoms with Crippen molar-refractivity contribution in [1.29, 1.82) is 0 Å². The van der Waals surface area contributed by atoms with E-state index in [-0.39, 0.29) is 17.2 Å². The minimum Gasteiger partial charge on any atom is -0.349 e. The summed E-state index contributed by atoms with van der Waals surface area (Å²) in [4.78, 5) is 13.9. The maximum absolute atomic E-state index is 12.2. The van der Waals surface area contributed by atoms with Crippen LogP contribution in [0.1, 0.15) is 25.7 Å². The third kappa shape index (κ3) is 2.28. The van der Waals surface area contributed by atoms with Crippen molar-refractivity contribution in [2.45, 2.75) is 25.7 Å². The molecule has 1 amide bonds. The van der Waals surface area contributed by atoms with Gasteiger partial charge in [-0.1, -0.05) is 6.42 Å². The Morgan fingerprint density at radius 3 is 2.50 bits per heavy atom. The number of rotatable bonds is 2. The van der Waals surface area contributed by atoms with Crippen LogP contribution in [0.4, 0.5) is 0 Å². The third-order valence-electron chi connectivity index (χ3n) is 4.46. The largest absolute Gasteiger partial charge is 0.349 e. The summed E-state index contributed by atoms with van der Waals surface area (Å²) in [7, 11) is 0.424. The maximum Gasteiger partial charge on any atom is 0.225 e. The number of amides is 1. The summed E-state index contributed by atoms with van der Waals surface area (Å²) in [6.07, 6.45) is 4.98. The van der Waals surface area contributed by atoms with Crippen molar-refractivity contribution in [1.82, 2.24) is 9.21 Å². The lowest BCUT2D eigenvalue weighted by atomic mass is 9.76. The highest BCUT2D eigenvalue weighted by Gasteiger charge is 2.52. The molecular weight excluding hydrogens is 252 g/mol. The first-order valence-corrected chi connectivity index (χ1v) is 8.27. The van der Waals surface area contributed by atoms with Crippen LogP contribution >= 0.6 is 0 Å². The average molecular weight is 274 g/mol. The highest BCUT2D eigenvalue weighted by molar-refractivity contribution is 7.88. The zero-order valence-corrected chi connectivity index (χ0v) is 12.2. The molecule has 1 aliphatic carbocycles. The van der Waals surface area contributed by atoms with Gasteiger partial charge in [-0.2, -0.15) is 0 Å². The van der Waals surface area contributed by atoms with Crippen molar-refractivity contribution in [2.75, 3.05) is 33.4 Å². The number of hydrogen-bond donors (Lipinski definition) is 0. The van der Waals surface area contributed by atoms with Crippen LogP contribution in [-0.4, -0.2) is 57.0 Å². The molecule has 6 heteroatoms. The molecule has 1 spiro atoms. The lowest BCUT2D eigenvalue weighted by Gasteiger charge is -2.31. The number of carbonyl (C=O) groups is 1. The van der Waals surface area contributed by atoms with E-state index >= 15 is 0 Å². The first-order valence-electron chi connectivity index (χ1n) is 6.43. The highest BCUT2D eigenvalue weighted by atomic mass is 32.2. The van der Waals surface area contributed by atoms with E-state index < -0.39 is 10.0 Å². The van der Waals surface area contributed by atoms with Gasteiger partial charge in [0, 0.05) is 33.1 Å². The smallest absolute Gasteiger partial charge is 0.225 e. The summed E-state index contributed by atoms with van der Waals surface area (Å²) in [5, 5.41) is 0. The van der Waals surface area contributed by atoms with Gasteiger partial charge in [0.15, 0.2) is 0 Å². The predicted molar refractivity (Wildman–Crippen MR) is 69.5 cm³/mol. The second-order valence-electron chi connectivity index (χ2n) is 5.89. The Balaban J connectivity index is 2.20. The second-order valence-corrected chi connectivity index (χ2v) is 7.87. The molecular formula is C12H22N2O3S. The Hall–Kier alpha value is -0.620. The monoisotopic (exact) mass is 274 g/mol. The van der Waals surface area contributed by atoms with E-state index in [1.807, 2.05) is 0 Å². The Morgan fingerprint density at radius 1 is 1.33 bits per heavy atom. The van der Waals surface area contributed by atoms with Crippen LogP contribution in [-0.2, 0) is 14.8 Å². The van der Waals surface area contributed by atoms with Crippen LogP contribution in [0, 0.1) is 11.3 Å². The fourth-order valence-electron chi connectivity index (χ4n) is 3.46. The molecule has 0 aromatic rings. The molecule has 5 nitrogen and oxygen atoms in total. The van der Waals surface area contributed by atoms with Crippen LogP contribution in [0.5, 0.6) is 0 Å². The quantitative estimate of drug-likeness (QED) is 0.738. The van der Waals surface area contributed by atoms with Crippen LogP contribution in [0.3, 0.4) is 0 Å². The van der Waals surface area contributed by atoms with Gasteiger partial charge in [-0.05, 0) is 24.7 Å². The van der Waals surface area contributed by atoms with Crippen molar-refractivity contribution < 1.29 is 13.2 Å². The highest BCUT2D eigenvalue weighted by Crippen LogP contribution is 2.50. The molecule has 2 aliphatic rings. The molecule has 0 N–H and O–H groups in total. The summed E-state index contributed by atoms with van der Waals surface area (Å²) in [5.41, 5.74) is -0.107. The van der Waals surface area contributed by atoms with Crippen molar-refractivity contribution in [3.05, 3.63) is 0 Å². The molecule has 2 rings (SSSR count). The summed E-state index contributed by atoms with van der Waals surface area (Å²) >= 11 is 0. The summed E-state index contributed by atoms with van der Waals surface area (Å²) in [5.74, 6) is 0.155. The number of nitrogens with zero attached hydrogens (tertiary/aromatic N) is 2. The van der Waals surface area contributed by atoms with Gasteiger partial charge in [0.2, 0.25) is 15.9 Å². The topological polar surface area (TPSA) is 57.7 Å². The molecule has 104 valence electrons. The summed E-state index contributed by atoms with van der Waals surface area (Å²) < 4.78 is 24.8. The van der Waals surface area contributed by atoms with Gasteiger partial charge in [-0.15, -0.1) is 0 Å². The molecule has 2 fully saturated rings. The molecule has 2 atom stereocenters. The fraction of sp³-hybridized carbons (Fsp3) is 0.917. The molecule has 1 aliphatic heterocycles. The Labute approximate surface area is 109 Å². The molecule has 0 aromatic heterocycles. The predicted octanol–water partition coefficient (Wildman–Crippen LogP) is 0.526. The number of hydrogen-bond acceptors (Lipinski definition) is 3. The van der Waals surface area contributed by atoms with Crippen LogP contribution in [0.15, 0.2) is 0 Å². The number of carbonyl (C=O) groups excluding carboxylic acids is 1. The molecule has 1 saturated carbocycles. The SMILES string of the molecule is CN(C)C(=O)[C@H]1CCC[C@]12CCN(S(C)(=O)=O)C2. The van der Waals surface area contributed by atoms with Gasteiger partial charge < -0.3 is 4.90 Å². The fourth-order valence-corrected chi connectivity index (χ4v) is 4.38. The van der Waals surface area contributed by atoms with E-state index in [0.29, 0.717) is 13.1 Å². The minimum absolute atomic E-state index is 0.000694. The summed E-state index contributed by atoms with van der Waals surface area (Å²) in [6.45, 7) is 1.09. The molecule has 18 heavy (non-hydrogen) atoms. The molecule has 1 heterocycles. The Bertz CT molecular complexity index is 446. The van der Waals surface area contributed by atoms with E-state index in [0.717, 1.165) is 25.7 Å². The normalized spacial score (nSPS) is 33.2. The number of sulfonamides is 1. The lowest BCUT2D eigenvalue weighted by Crippen LogP contribution is -2.40. The van der Waals surface area contributed by atoms with E-state index in [2.05, 4.69) is 0 Å². The van der Waals surface area contributed by atoms with Gasteiger partial charge in [0.1, 0.15) is 0 Å².